The number of terminal acetylenes is 1. The molecule has 0 bridgehead atoms. The van der Waals surface area contributed by atoms with Gasteiger partial charge < -0.3 is 0 Å². The molecule has 3 aromatic rings. The largest absolute Gasteiger partial charge is 0.298 e. The Hall–Kier alpha value is -3.06. The number of amides is 1. The van der Waals surface area contributed by atoms with Gasteiger partial charge in [0.1, 0.15) is 5.69 Å². The Balaban J connectivity index is 1.77. The first kappa shape index (κ1) is 18.7. The molecule has 9 heteroatoms. The van der Waals surface area contributed by atoms with Crippen LogP contribution in [0.4, 0.5) is 5.13 Å². The maximum Gasteiger partial charge on any atom is 0.257 e. The van der Waals surface area contributed by atoms with E-state index in [1.54, 1.807) is 17.6 Å². The van der Waals surface area contributed by atoms with Crippen molar-refractivity contribution >= 4 is 32.4 Å². The number of nitrogens with one attached hydrogen (secondary N) is 2. The minimum absolute atomic E-state index is 0.0429. The van der Waals surface area contributed by atoms with Crippen LogP contribution in [0.2, 0.25) is 0 Å². The number of hydrogen-bond acceptors (Lipinski definition) is 6. The number of pyridine rings is 1. The molecule has 136 valence electrons. The zero-order valence-corrected chi connectivity index (χ0v) is 15.5. The second-order valence-corrected chi connectivity index (χ2v) is 7.89. The molecular weight excluding hydrogens is 384 g/mol. The van der Waals surface area contributed by atoms with E-state index >= 15 is 0 Å². The average Bonchev–Trinajstić information content (AvgIpc) is 3.16. The minimum Gasteiger partial charge on any atom is -0.298 e. The van der Waals surface area contributed by atoms with Crippen LogP contribution in [0.15, 0.2) is 58.9 Å². The van der Waals surface area contributed by atoms with E-state index in [4.69, 9.17) is 6.42 Å². The lowest BCUT2D eigenvalue weighted by molar-refractivity contribution is 0.102. The van der Waals surface area contributed by atoms with Crippen molar-refractivity contribution in [1.29, 1.82) is 0 Å². The van der Waals surface area contributed by atoms with Crippen molar-refractivity contribution in [1.82, 2.24) is 14.7 Å². The number of aromatic nitrogens is 2. The molecule has 1 aromatic carbocycles. The van der Waals surface area contributed by atoms with Gasteiger partial charge in [0, 0.05) is 17.1 Å². The van der Waals surface area contributed by atoms with E-state index in [1.807, 2.05) is 12.1 Å². The molecule has 2 N–H and O–H groups in total. The van der Waals surface area contributed by atoms with Gasteiger partial charge in [-0.15, -0.1) is 17.8 Å². The molecule has 1 amide bonds. The molecule has 2 aromatic heterocycles. The maximum absolute atomic E-state index is 12.4. The number of benzene rings is 1. The van der Waals surface area contributed by atoms with E-state index in [-0.39, 0.29) is 17.0 Å². The molecule has 0 unspecified atom stereocenters. The summed E-state index contributed by atoms with van der Waals surface area (Å²) < 4.78 is 26.5. The molecule has 0 spiro atoms. The van der Waals surface area contributed by atoms with Gasteiger partial charge in [0.2, 0.25) is 10.0 Å². The summed E-state index contributed by atoms with van der Waals surface area (Å²) in [6.45, 7) is -0.131. The van der Waals surface area contributed by atoms with E-state index < -0.39 is 15.9 Å². The van der Waals surface area contributed by atoms with Crippen LogP contribution < -0.4 is 10.0 Å². The topological polar surface area (TPSA) is 101 Å². The lowest BCUT2D eigenvalue weighted by Crippen LogP contribution is -2.24. The van der Waals surface area contributed by atoms with Crippen LogP contribution in [0, 0.1) is 12.3 Å². The standard InChI is InChI=1S/C18H14N4O3S2/c1-2-9-20-27(24,25)14-7-5-6-13(11-14)17(23)22-18-21-16(12-26-18)15-8-3-4-10-19-15/h1,3-8,10-12,20H,9H2,(H,21,22,23). The number of rotatable bonds is 6. The molecular formula is C18H14N4O3S2. The number of anilines is 1. The third-order valence-corrected chi connectivity index (χ3v) is 5.58. The van der Waals surface area contributed by atoms with Crippen molar-refractivity contribution in [3.05, 3.63) is 59.6 Å². The highest BCUT2D eigenvalue weighted by Crippen LogP contribution is 2.23. The van der Waals surface area contributed by atoms with Crippen molar-refractivity contribution in [3.8, 4) is 23.7 Å². The quantitative estimate of drug-likeness (QED) is 0.621. The van der Waals surface area contributed by atoms with E-state index in [0.717, 1.165) is 0 Å². The van der Waals surface area contributed by atoms with Gasteiger partial charge in [0.05, 0.1) is 17.1 Å². The molecule has 0 saturated heterocycles. The molecule has 2 heterocycles. The van der Waals surface area contributed by atoms with Crippen LogP contribution in [0.25, 0.3) is 11.4 Å². The third-order valence-electron chi connectivity index (χ3n) is 3.42. The van der Waals surface area contributed by atoms with Gasteiger partial charge in [-0.1, -0.05) is 18.1 Å². The van der Waals surface area contributed by atoms with Crippen molar-refractivity contribution < 1.29 is 13.2 Å². The van der Waals surface area contributed by atoms with Gasteiger partial charge in [0.15, 0.2) is 5.13 Å². The van der Waals surface area contributed by atoms with Crippen LogP contribution in [-0.4, -0.2) is 30.8 Å². The first-order chi connectivity index (χ1) is 13.0. The maximum atomic E-state index is 12.4. The summed E-state index contributed by atoms with van der Waals surface area (Å²) in [5.74, 6) is 1.73. The Morgan fingerprint density at radius 2 is 2.04 bits per heavy atom. The van der Waals surface area contributed by atoms with Gasteiger partial charge in [-0.3, -0.25) is 15.1 Å². The summed E-state index contributed by atoms with van der Waals surface area (Å²) in [4.78, 5) is 20.9. The van der Waals surface area contributed by atoms with Gasteiger partial charge in [-0.25, -0.2) is 13.4 Å². The Morgan fingerprint density at radius 1 is 1.19 bits per heavy atom. The minimum atomic E-state index is -3.78. The van der Waals surface area contributed by atoms with Crippen molar-refractivity contribution in [2.75, 3.05) is 11.9 Å². The predicted molar refractivity (Wildman–Crippen MR) is 104 cm³/mol. The summed E-state index contributed by atoms with van der Waals surface area (Å²) in [5, 5.41) is 4.83. The van der Waals surface area contributed by atoms with Gasteiger partial charge in [0.25, 0.3) is 5.91 Å². The lowest BCUT2D eigenvalue weighted by atomic mass is 10.2. The van der Waals surface area contributed by atoms with Crippen LogP contribution >= 0.6 is 11.3 Å². The first-order valence-corrected chi connectivity index (χ1v) is 10.1. The normalized spacial score (nSPS) is 10.9. The number of hydrogen-bond donors (Lipinski definition) is 2. The molecule has 7 nitrogen and oxygen atoms in total. The molecule has 0 radical (unpaired) electrons. The van der Waals surface area contributed by atoms with Gasteiger partial charge >= 0.3 is 0 Å². The molecule has 0 saturated carbocycles. The first-order valence-electron chi connectivity index (χ1n) is 7.71. The van der Waals surface area contributed by atoms with E-state index in [0.29, 0.717) is 16.5 Å². The van der Waals surface area contributed by atoms with Crippen LogP contribution in [-0.2, 0) is 10.0 Å². The van der Waals surface area contributed by atoms with Crippen molar-refractivity contribution in [3.63, 3.8) is 0 Å². The highest BCUT2D eigenvalue weighted by Gasteiger charge is 2.16. The van der Waals surface area contributed by atoms with Crippen LogP contribution in [0.5, 0.6) is 0 Å². The number of sulfonamides is 1. The summed E-state index contributed by atoms with van der Waals surface area (Å²) in [6, 6.07) is 11.1. The number of carbonyl (C=O) groups is 1. The van der Waals surface area contributed by atoms with E-state index in [1.165, 1.54) is 35.6 Å². The average molecular weight is 398 g/mol. The van der Waals surface area contributed by atoms with Crippen molar-refractivity contribution in [2.45, 2.75) is 4.90 Å². The van der Waals surface area contributed by atoms with Crippen LogP contribution in [0.1, 0.15) is 10.4 Å². The number of carbonyl (C=O) groups excluding carboxylic acids is 1. The summed E-state index contributed by atoms with van der Waals surface area (Å²) in [6.07, 6.45) is 6.73. The monoisotopic (exact) mass is 398 g/mol. The van der Waals surface area contributed by atoms with E-state index in [9.17, 15) is 13.2 Å². The van der Waals surface area contributed by atoms with E-state index in [2.05, 4.69) is 25.9 Å². The number of nitrogens with zero attached hydrogens (tertiary/aromatic N) is 2. The molecule has 0 atom stereocenters. The molecule has 3 rings (SSSR count). The fourth-order valence-corrected chi connectivity index (χ4v) is 3.84. The van der Waals surface area contributed by atoms with Crippen molar-refractivity contribution in [2.24, 2.45) is 0 Å². The highest BCUT2D eigenvalue weighted by molar-refractivity contribution is 7.89. The fraction of sp³-hybridized carbons (Fsp3) is 0.0556. The van der Waals surface area contributed by atoms with Crippen LogP contribution in [0.3, 0.4) is 0 Å². The summed E-state index contributed by atoms with van der Waals surface area (Å²) in [7, 11) is -3.78. The molecule has 0 aliphatic carbocycles. The zero-order valence-electron chi connectivity index (χ0n) is 13.9. The SMILES string of the molecule is C#CCNS(=O)(=O)c1cccc(C(=O)Nc2nc(-c3ccccn3)cs2)c1. The lowest BCUT2D eigenvalue weighted by Gasteiger charge is -2.06. The zero-order chi connectivity index (χ0) is 19.3. The van der Waals surface area contributed by atoms with Gasteiger partial charge in [-0.2, -0.15) is 4.72 Å². The number of thiazole rings is 1. The fourth-order valence-electron chi connectivity index (χ4n) is 2.16. The Morgan fingerprint density at radius 3 is 2.78 bits per heavy atom. The smallest absolute Gasteiger partial charge is 0.257 e. The van der Waals surface area contributed by atoms with Gasteiger partial charge in [-0.05, 0) is 30.3 Å². The second-order valence-electron chi connectivity index (χ2n) is 5.26. The Kier molecular flexibility index (Phi) is 5.61. The molecule has 0 aliphatic heterocycles. The molecule has 0 aliphatic rings. The summed E-state index contributed by atoms with van der Waals surface area (Å²) in [5.41, 5.74) is 1.53. The third kappa shape index (κ3) is 4.57. The second kappa shape index (κ2) is 8.09. The Bertz CT molecular complexity index is 1100. The predicted octanol–water partition coefficient (Wildman–Crippen LogP) is 2.37. The Labute approximate surface area is 160 Å². The molecule has 27 heavy (non-hydrogen) atoms. The molecule has 0 fully saturated rings. The highest BCUT2D eigenvalue weighted by atomic mass is 32.2. The summed E-state index contributed by atoms with van der Waals surface area (Å²) >= 11 is 1.25.